The van der Waals surface area contributed by atoms with Crippen LogP contribution in [0.15, 0.2) is 29.2 Å². The second-order valence-corrected chi connectivity index (χ2v) is 3.42. The van der Waals surface area contributed by atoms with Crippen LogP contribution in [0.25, 0.3) is 0 Å². The van der Waals surface area contributed by atoms with Gasteiger partial charge in [-0.15, -0.1) is 3.89 Å². The molecule has 0 heterocycles. The molecule has 0 unspecified atom stereocenters. The van der Waals surface area contributed by atoms with Gasteiger partial charge in [-0.25, -0.2) is 0 Å². The summed E-state index contributed by atoms with van der Waals surface area (Å²) >= 11 is 0. The first kappa shape index (κ1) is 8.68. The molecule has 0 saturated carbocycles. The van der Waals surface area contributed by atoms with E-state index in [-0.39, 0.29) is 5.56 Å². The van der Waals surface area contributed by atoms with Crippen molar-refractivity contribution >= 4 is 10.2 Å². The quantitative estimate of drug-likeness (QED) is 0.618. The average molecular weight is 185 g/mol. The van der Waals surface area contributed by atoms with Crippen molar-refractivity contribution in [1.29, 1.82) is 5.26 Å². The third kappa shape index (κ3) is 1.80. The molecule has 0 N–H and O–H groups in total. The lowest BCUT2D eigenvalue weighted by molar-refractivity contribution is 0.552. The second kappa shape index (κ2) is 2.91. The van der Waals surface area contributed by atoms with Gasteiger partial charge in [0.15, 0.2) is 0 Å². The summed E-state index contributed by atoms with van der Waals surface area (Å²) in [6.45, 7) is 0. The maximum Gasteiger partial charge on any atom is 0.332 e. The molecule has 0 spiro atoms. The SMILES string of the molecule is N#Cc1cccc(S(=O)(=O)F)c1. The third-order valence-corrected chi connectivity index (χ3v) is 2.06. The molecule has 0 amide bonds. The Morgan fingerprint density at radius 3 is 2.58 bits per heavy atom. The van der Waals surface area contributed by atoms with Crippen molar-refractivity contribution in [3.05, 3.63) is 29.8 Å². The minimum Gasteiger partial charge on any atom is -0.192 e. The summed E-state index contributed by atoms with van der Waals surface area (Å²) in [5.74, 6) is 0. The molecule has 0 atom stereocenters. The standard InChI is InChI=1S/C7H4FNO2S/c8-12(10,11)7-3-1-2-6(4-7)5-9/h1-4H. The van der Waals surface area contributed by atoms with Gasteiger partial charge in [0.25, 0.3) is 0 Å². The number of nitriles is 1. The number of benzene rings is 1. The number of hydrogen-bond donors (Lipinski definition) is 0. The zero-order valence-corrected chi connectivity index (χ0v) is 6.68. The van der Waals surface area contributed by atoms with Crippen LogP contribution in [0, 0.1) is 11.3 Å². The predicted octanol–water partition coefficient (Wildman–Crippen LogP) is 1.22. The van der Waals surface area contributed by atoms with Gasteiger partial charge in [-0.05, 0) is 18.2 Å². The van der Waals surface area contributed by atoms with Gasteiger partial charge in [-0.1, -0.05) is 6.07 Å². The molecule has 1 rings (SSSR count). The van der Waals surface area contributed by atoms with Gasteiger partial charge in [0.05, 0.1) is 16.5 Å². The number of hydrogen-bond acceptors (Lipinski definition) is 3. The van der Waals surface area contributed by atoms with Crippen LogP contribution in [0.5, 0.6) is 0 Å². The van der Waals surface area contributed by atoms with Crippen molar-refractivity contribution in [1.82, 2.24) is 0 Å². The summed E-state index contributed by atoms with van der Waals surface area (Å²) in [5, 5.41) is 8.36. The van der Waals surface area contributed by atoms with Crippen LogP contribution in [0.3, 0.4) is 0 Å². The second-order valence-electron chi connectivity index (χ2n) is 2.08. The number of halogens is 1. The monoisotopic (exact) mass is 185 g/mol. The molecule has 5 heteroatoms. The fraction of sp³-hybridized carbons (Fsp3) is 0. The number of rotatable bonds is 1. The lowest BCUT2D eigenvalue weighted by Gasteiger charge is -1.93. The zero-order chi connectivity index (χ0) is 9.19. The van der Waals surface area contributed by atoms with E-state index in [0.717, 1.165) is 12.1 Å². The summed E-state index contributed by atoms with van der Waals surface area (Å²) in [5.41, 5.74) is 0.119. The lowest BCUT2D eigenvalue weighted by atomic mass is 10.2. The molecule has 0 fully saturated rings. The van der Waals surface area contributed by atoms with Crippen molar-refractivity contribution in [2.45, 2.75) is 4.90 Å². The smallest absolute Gasteiger partial charge is 0.192 e. The van der Waals surface area contributed by atoms with E-state index < -0.39 is 15.1 Å². The molecule has 0 aliphatic rings. The van der Waals surface area contributed by atoms with Crippen LogP contribution in [0.2, 0.25) is 0 Å². The van der Waals surface area contributed by atoms with Gasteiger partial charge in [-0.3, -0.25) is 0 Å². The van der Waals surface area contributed by atoms with Gasteiger partial charge in [0.2, 0.25) is 0 Å². The van der Waals surface area contributed by atoms with Gasteiger partial charge in [-0.2, -0.15) is 13.7 Å². The van der Waals surface area contributed by atoms with E-state index >= 15 is 0 Å². The van der Waals surface area contributed by atoms with Crippen LogP contribution in [-0.4, -0.2) is 8.42 Å². The first-order valence-electron chi connectivity index (χ1n) is 2.99. The Hall–Kier alpha value is -1.41. The largest absolute Gasteiger partial charge is 0.332 e. The summed E-state index contributed by atoms with van der Waals surface area (Å²) < 4.78 is 33.0. The maximum atomic E-state index is 12.3. The van der Waals surface area contributed by atoms with Crippen LogP contribution >= 0.6 is 0 Å². The van der Waals surface area contributed by atoms with E-state index in [1.54, 1.807) is 6.07 Å². The van der Waals surface area contributed by atoms with Crippen molar-refractivity contribution in [2.75, 3.05) is 0 Å². The Labute approximate surface area is 69.3 Å². The molecule has 3 nitrogen and oxygen atoms in total. The van der Waals surface area contributed by atoms with Gasteiger partial charge >= 0.3 is 10.2 Å². The normalized spacial score (nSPS) is 10.7. The fourth-order valence-electron chi connectivity index (χ4n) is 0.717. The Morgan fingerprint density at radius 2 is 2.08 bits per heavy atom. The first-order chi connectivity index (χ1) is 5.54. The molecule has 0 aromatic heterocycles. The highest BCUT2D eigenvalue weighted by Crippen LogP contribution is 2.12. The molecule has 0 radical (unpaired) electrons. The number of nitrogens with zero attached hydrogens (tertiary/aromatic N) is 1. The molecule has 1 aromatic rings. The molecule has 0 aliphatic heterocycles. The fourth-order valence-corrected chi connectivity index (χ4v) is 1.23. The van der Waals surface area contributed by atoms with Crippen molar-refractivity contribution in [2.24, 2.45) is 0 Å². The highest BCUT2D eigenvalue weighted by molar-refractivity contribution is 7.86. The predicted molar refractivity (Wildman–Crippen MR) is 39.5 cm³/mol. The van der Waals surface area contributed by atoms with Crippen LogP contribution in [-0.2, 0) is 10.2 Å². The molecule has 12 heavy (non-hydrogen) atoms. The van der Waals surface area contributed by atoms with Gasteiger partial charge < -0.3 is 0 Å². The van der Waals surface area contributed by atoms with E-state index in [1.807, 2.05) is 0 Å². The van der Waals surface area contributed by atoms with Gasteiger partial charge in [0, 0.05) is 0 Å². The van der Waals surface area contributed by atoms with E-state index in [0.29, 0.717) is 0 Å². The summed E-state index contributed by atoms with van der Waals surface area (Å²) in [6.07, 6.45) is 0. The molecule has 62 valence electrons. The molecular weight excluding hydrogens is 181 g/mol. The topological polar surface area (TPSA) is 57.9 Å². The third-order valence-electron chi connectivity index (χ3n) is 1.24. The van der Waals surface area contributed by atoms with Crippen molar-refractivity contribution < 1.29 is 12.3 Å². The molecular formula is C7H4FNO2S. The van der Waals surface area contributed by atoms with Crippen molar-refractivity contribution in [3.8, 4) is 6.07 Å². The average Bonchev–Trinajstić information content (AvgIpc) is 2.03. The summed E-state index contributed by atoms with van der Waals surface area (Å²) in [4.78, 5) is -0.485. The minimum absolute atomic E-state index is 0.119. The van der Waals surface area contributed by atoms with E-state index in [2.05, 4.69) is 0 Å². The summed E-state index contributed by atoms with van der Waals surface area (Å²) in [6, 6.07) is 6.49. The van der Waals surface area contributed by atoms with Crippen molar-refractivity contribution in [3.63, 3.8) is 0 Å². The molecule has 0 bridgehead atoms. The zero-order valence-electron chi connectivity index (χ0n) is 5.86. The van der Waals surface area contributed by atoms with Gasteiger partial charge in [0.1, 0.15) is 0 Å². The maximum absolute atomic E-state index is 12.3. The van der Waals surface area contributed by atoms with E-state index in [4.69, 9.17) is 5.26 Å². The van der Waals surface area contributed by atoms with Crippen LogP contribution in [0.4, 0.5) is 3.89 Å². The Kier molecular flexibility index (Phi) is 2.11. The Morgan fingerprint density at radius 1 is 1.42 bits per heavy atom. The molecule has 0 saturated heterocycles. The molecule has 0 aliphatic carbocycles. The van der Waals surface area contributed by atoms with E-state index in [1.165, 1.54) is 12.1 Å². The Bertz CT molecular complexity index is 433. The summed E-state index contributed by atoms with van der Waals surface area (Å²) in [7, 11) is -4.69. The van der Waals surface area contributed by atoms with Crippen LogP contribution < -0.4 is 0 Å². The first-order valence-corrected chi connectivity index (χ1v) is 4.37. The highest BCUT2D eigenvalue weighted by atomic mass is 32.3. The van der Waals surface area contributed by atoms with Crippen LogP contribution in [0.1, 0.15) is 5.56 Å². The lowest BCUT2D eigenvalue weighted by Crippen LogP contribution is -1.91. The highest BCUT2D eigenvalue weighted by Gasteiger charge is 2.11. The van der Waals surface area contributed by atoms with E-state index in [9.17, 15) is 12.3 Å². The minimum atomic E-state index is -4.69. The molecule has 1 aromatic carbocycles. The Balaban J connectivity index is 3.32.